The van der Waals surface area contributed by atoms with E-state index in [-0.39, 0.29) is 5.91 Å². The molecule has 3 rings (SSSR count). The van der Waals surface area contributed by atoms with Crippen LogP contribution in [0.3, 0.4) is 0 Å². The smallest absolute Gasteiger partial charge is 0.237 e. The SMILES string of the molecule is Cc1cc(F)c(F)cc1C1CCC(CCNC2(C(N)=O)CCOCC2)CC1. The molecule has 2 fully saturated rings. The number of carbonyl (C=O) groups excluding carboxylic acids is 1. The minimum atomic E-state index is -0.771. The van der Waals surface area contributed by atoms with Crippen LogP contribution in [0.15, 0.2) is 12.1 Å². The summed E-state index contributed by atoms with van der Waals surface area (Å²) < 4.78 is 32.3. The van der Waals surface area contributed by atoms with Gasteiger partial charge in [0.05, 0.1) is 0 Å². The fourth-order valence-corrected chi connectivity index (χ4v) is 4.61. The maximum absolute atomic E-state index is 13.6. The molecule has 1 saturated heterocycles. The zero-order valence-electron chi connectivity index (χ0n) is 16.0. The van der Waals surface area contributed by atoms with Crippen molar-refractivity contribution >= 4 is 5.91 Å². The Morgan fingerprint density at radius 2 is 1.81 bits per heavy atom. The van der Waals surface area contributed by atoms with E-state index in [0.29, 0.717) is 37.9 Å². The Balaban J connectivity index is 1.48. The number of nitrogens with two attached hydrogens (primary N) is 1. The molecule has 0 aromatic heterocycles. The third-order valence-electron chi connectivity index (χ3n) is 6.43. The molecule has 1 aliphatic heterocycles. The topological polar surface area (TPSA) is 64.3 Å². The number of aryl methyl sites for hydroxylation is 1. The Kier molecular flexibility index (Phi) is 6.48. The lowest BCUT2D eigenvalue weighted by atomic mass is 9.76. The first kappa shape index (κ1) is 20.2. The lowest BCUT2D eigenvalue weighted by Crippen LogP contribution is -2.58. The molecule has 1 heterocycles. The first-order valence-electron chi connectivity index (χ1n) is 9.99. The lowest BCUT2D eigenvalue weighted by Gasteiger charge is -2.36. The van der Waals surface area contributed by atoms with Crippen LogP contribution in [0.1, 0.15) is 62.0 Å². The summed E-state index contributed by atoms with van der Waals surface area (Å²) >= 11 is 0. The molecule has 0 atom stereocenters. The van der Waals surface area contributed by atoms with E-state index < -0.39 is 17.2 Å². The van der Waals surface area contributed by atoms with Crippen molar-refractivity contribution in [3.63, 3.8) is 0 Å². The van der Waals surface area contributed by atoms with Gasteiger partial charge in [0.25, 0.3) is 0 Å². The van der Waals surface area contributed by atoms with Gasteiger partial charge in [-0.2, -0.15) is 0 Å². The van der Waals surface area contributed by atoms with E-state index in [9.17, 15) is 13.6 Å². The van der Waals surface area contributed by atoms with E-state index in [0.717, 1.165) is 49.8 Å². The summed E-state index contributed by atoms with van der Waals surface area (Å²) in [6.45, 7) is 3.75. The molecule has 150 valence electrons. The molecule has 1 saturated carbocycles. The summed E-state index contributed by atoms with van der Waals surface area (Å²) in [4.78, 5) is 11.9. The van der Waals surface area contributed by atoms with Crippen molar-refractivity contribution in [3.05, 3.63) is 34.9 Å². The van der Waals surface area contributed by atoms with Crippen LogP contribution < -0.4 is 11.1 Å². The molecule has 0 radical (unpaired) electrons. The summed E-state index contributed by atoms with van der Waals surface area (Å²) in [5.41, 5.74) is 6.78. The molecule has 2 aliphatic rings. The second kappa shape index (κ2) is 8.65. The van der Waals surface area contributed by atoms with E-state index in [4.69, 9.17) is 10.5 Å². The second-order valence-electron chi connectivity index (χ2n) is 8.11. The number of ether oxygens (including phenoxy) is 1. The Morgan fingerprint density at radius 3 is 2.44 bits per heavy atom. The highest BCUT2D eigenvalue weighted by molar-refractivity contribution is 5.84. The van der Waals surface area contributed by atoms with Gasteiger partial charge in [-0.3, -0.25) is 4.79 Å². The molecule has 27 heavy (non-hydrogen) atoms. The van der Waals surface area contributed by atoms with Crippen LogP contribution in [-0.2, 0) is 9.53 Å². The Labute approximate surface area is 159 Å². The third-order valence-corrected chi connectivity index (χ3v) is 6.43. The van der Waals surface area contributed by atoms with Gasteiger partial charge in [-0.25, -0.2) is 8.78 Å². The summed E-state index contributed by atoms with van der Waals surface area (Å²) in [5, 5.41) is 3.40. The van der Waals surface area contributed by atoms with Crippen LogP contribution in [-0.4, -0.2) is 31.2 Å². The molecule has 4 nitrogen and oxygen atoms in total. The van der Waals surface area contributed by atoms with Gasteiger partial charge in [-0.1, -0.05) is 0 Å². The summed E-state index contributed by atoms with van der Waals surface area (Å²) in [7, 11) is 0. The number of nitrogens with one attached hydrogen (secondary N) is 1. The van der Waals surface area contributed by atoms with Gasteiger partial charge in [-0.15, -0.1) is 0 Å². The maximum Gasteiger partial charge on any atom is 0.237 e. The van der Waals surface area contributed by atoms with Crippen LogP contribution in [0.5, 0.6) is 0 Å². The monoisotopic (exact) mass is 380 g/mol. The van der Waals surface area contributed by atoms with E-state index in [1.807, 2.05) is 6.92 Å². The fraction of sp³-hybridized carbons (Fsp3) is 0.667. The van der Waals surface area contributed by atoms with Crippen molar-refractivity contribution in [2.45, 2.75) is 63.3 Å². The van der Waals surface area contributed by atoms with E-state index in [1.165, 1.54) is 12.1 Å². The van der Waals surface area contributed by atoms with Gasteiger partial charge in [0, 0.05) is 13.2 Å². The summed E-state index contributed by atoms with van der Waals surface area (Å²) in [5.74, 6) is -0.924. The Bertz CT molecular complexity index is 666. The number of hydrogen-bond donors (Lipinski definition) is 2. The molecule has 3 N–H and O–H groups in total. The minimum absolute atomic E-state index is 0.289. The van der Waals surface area contributed by atoms with Crippen molar-refractivity contribution in [3.8, 4) is 0 Å². The predicted octanol–water partition coefficient (Wildman–Crippen LogP) is 3.56. The molecule has 0 unspecified atom stereocenters. The number of primary amides is 1. The first-order valence-corrected chi connectivity index (χ1v) is 9.99. The number of carbonyl (C=O) groups is 1. The highest BCUT2D eigenvalue weighted by Gasteiger charge is 2.38. The van der Waals surface area contributed by atoms with E-state index in [2.05, 4.69) is 5.32 Å². The first-order chi connectivity index (χ1) is 12.9. The standard InChI is InChI=1S/C21H30F2N2O2/c1-14-12-18(22)19(23)13-17(14)16-4-2-15(3-5-16)6-9-25-21(20(24)26)7-10-27-11-8-21/h12-13,15-16,25H,2-11H2,1H3,(H2,24,26). The fourth-order valence-electron chi connectivity index (χ4n) is 4.61. The van der Waals surface area contributed by atoms with Crippen LogP contribution in [0.2, 0.25) is 0 Å². The van der Waals surface area contributed by atoms with Crippen molar-refractivity contribution in [2.75, 3.05) is 19.8 Å². The molecule has 1 aliphatic carbocycles. The van der Waals surface area contributed by atoms with Crippen molar-refractivity contribution in [2.24, 2.45) is 11.7 Å². The normalized spacial score (nSPS) is 25.3. The van der Waals surface area contributed by atoms with Gasteiger partial charge in [0.1, 0.15) is 5.54 Å². The van der Waals surface area contributed by atoms with Crippen LogP contribution in [0, 0.1) is 24.5 Å². The number of benzene rings is 1. The molecule has 0 spiro atoms. The molecule has 1 aromatic rings. The molecule has 6 heteroatoms. The number of hydrogen-bond acceptors (Lipinski definition) is 3. The highest BCUT2D eigenvalue weighted by atomic mass is 19.2. The predicted molar refractivity (Wildman–Crippen MR) is 100 cm³/mol. The van der Waals surface area contributed by atoms with Gasteiger partial charge in [0.2, 0.25) is 5.91 Å². The molecule has 1 aromatic carbocycles. The maximum atomic E-state index is 13.6. The summed E-state index contributed by atoms with van der Waals surface area (Å²) in [6, 6.07) is 2.68. The minimum Gasteiger partial charge on any atom is -0.381 e. The van der Waals surface area contributed by atoms with Gasteiger partial charge >= 0.3 is 0 Å². The van der Waals surface area contributed by atoms with Crippen molar-refractivity contribution in [1.82, 2.24) is 5.32 Å². The van der Waals surface area contributed by atoms with E-state index >= 15 is 0 Å². The average molecular weight is 380 g/mol. The largest absolute Gasteiger partial charge is 0.381 e. The zero-order chi connectivity index (χ0) is 19.4. The van der Waals surface area contributed by atoms with Gasteiger partial charge in [0.15, 0.2) is 11.6 Å². The lowest BCUT2D eigenvalue weighted by molar-refractivity contribution is -0.128. The van der Waals surface area contributed by atoms with Crippen LogP contribution in [0.4, 0.5) is 8.78 Å². The zero-order valence-corrected chi connectivity index (χ0v) is 16.0. The molecular weight excluding hydrogens is 350 g/mol. The van der Waals surface area contributed by atoms with Crippen molar-refractivity contribution in [1.29, 1.82) is 0 Å². The molecule has 1 amide bonds. The Hall–Kier alpha value is -1.53. The Morgan fingerprint density at radius 1 is 1.19 bits per heavy atom. The number of halogens is 2. The van der Waals surface area contributed by atoms with Crippen LogP contribution in [0.25, 0.3) is 0 Å². The third kappa shape index (κ3) is 4.66. The second-order valence-corrected chi connectivity index (χ2v) is 8.11. The average Bonchev–Trinajstić information content (AvgIpc) is 2.66. The molecular formula is C21H30F2N2O2. The van der Waals surface area contributed by atoms with Gasteiger partial charge in [-0.05, 0) is 93.5 Å². The number of rotatable bonds is 6. The number of amides is 1. The highest BCUT2D eigenvalue weighted by Crippen LogP contribution is 2.38. The van der Waals surface area contributed by atoms with Crippen molar-refractivity contribution < 1.29 is 18.3 Å². The quantitative estimate of drug-likeness (QED) is 0.793. The van der Waals surface area contributed by atoms with Gasteiger partial charge < -0.3 is 15.8 Å². The summed E-state index contributed by atoms with van der Waals surface area (Å²) in [6.07, 6.45) is 6.38. The molecule has 0 bridgehead atoms. The van der Waals surface area contributed by atoms with E-state index in [1.54, 1.807) is 0 Å². The van der Waals surface area contributed by atoms with Crippen LogP contribution >= 0.6 is 0 Å².